The van der Waals surface area contributed by atoms with Crippen LogP contribution in [0.25, 0.3) is 15.8 Å². The predicted molar refractivity (Wildman–Crippen MR) is 91.8 cm³/mol. The largest absolute Gasteiger partial charge is 0.396 e. The minimum atomic E-state index is 0.191. The third-order valence-corrected chi connectivity index (χ3v) is 6.33. The van der Waals surface area contributed by atoms with Crippen LogP contribution in [0.15, 0.2) is 34.2 Å². The minimum Gasteiger partial charge on any atom is -0.396 e. The molecule has 21 heavy (non-hydrogen) atoms. The predicted octanol–water partition coefficient (Wildman–Crippen LogP) is 3.68. The number of amidine groups is 1. The van der Waals surface area contributed by atoms with E-state index in [1.807, 2.05) is 11.3 Å². The average molecular weight is 316 g/mol. The maximum Gasteiger partial charge on any atom is 0.168 e. The second-order valence-electron chi connectivity index (χ2n) is 5.27. The molecular formula is C16H16N2OS2. The number of rotatable bonds is 3. The molecule has 1 N–H and O–H groups in total. The SMILES string of the molecule is Cc1cccc2cc(C3=C(CCO)SC4=NCCN43)sc12. The zero-order valence-corrected chi connectivity index (χ0v) is 13.4. The van der Waals surface area contributed by atoms with Gasteiger partial charge < -0.3 is 10.0 Å². The second-order valence-corrected chi connectivity index (χ2v) is 7.38. The van der Waals surface area contributed by atoms with Gasteiger partial charge in [-0.15, -0.1) is 11.3 Å². The lowest BCUT2D eigenvalue weighted by atomic mass is 10.1. The molecule has 0 aliphatic carbocycles. The highest BCUT2D eigenvalue weighted by molar-refractivity contribution is 8.17. The molecule has 2 aliphatic heterocycles. The van der Waals surface area contributed by atoms with Crippen LogP contribution in [-0.4, -0.2) is 34.9 Å². The van der Waals surface area contributed by atoms with Crippen LogP contribution in [0.2, 0.25) is 0 Å². The van der Waals surface area contributed by atoms with Gasteiger partial charge in [-0.1, -0.05) is 30.0 Å². The minimum absolute atomic E-state index is 0.191. The van der Waals surface area contributed by atoms with Crippen molar-refractivity contribution in [2.24, 2.45) is 4.99 Å². The first-order valence-corrected chi connectivity index (χ1v) is 8.74. The molecule has 0 amide bonds. The van der Waals surface area contributed by atoms with Crippen molar-refractivity contribution in [3.8, 4) is 0 Å². The van der Waals surface area contributed by atoms with E-state index in [4.69, 9.17) is 0 Å². The summed E-state index contributed by atoms with van der Waals surface area (Å²) in [5.74, 6) is 0. The fourth-order valence-electron chi connectivity index (χ4n) is 2.90. The number of aliphatic imine (C=N–C) groups is 1. The highest BCUT2D eigenvalue weighted by Gasteiger charge is 2.33. The number of fused-ring (bicyclic) bond motifs is 2. The lowest BCUT2D eigenvalue weighted by Gasteiger charge is -2.15. The Balaban J connectivity index is 1.86. The van der Waals surface area contributed by atoms with E-state index in [9.17, 15) is 5.11 Å². The van der Waals surface area contributed by atoms with Gasteiger partial charge in [-0.05, 0) is 23.9 Å². The Hall–Kier alpha value is -1.30. The number of hydrogen-bond donors (Lipinski definition) is 1. The van der Waals surface area contributed by atoms with E-state index in [1.165, 1.54) is 31.1 Å². The van der Waals surface area contributed by atoms with Crippen molar-refractivity contribution in [1.29, 1.82) is 0 Å². The van der Waals surface area contributed by atoms with Gasteiger partial charge in [0.2, 0.25) is 0 Å². The third-order valence-electron chi connectivity index (χ3n) is 3.86. The lowest BCUT2D eigenvalue weighted by molar-refractivity contribution is 0.301. The van der Waals surface area contributed by atoms with Gasteiger partial charge >= 0.3 is 0 Å². The van der Waals surface area contributed by atoms with Gasteiger partial charge in [0, 0.05) is 29.2 Å². The monoisotopic (exact) mass is 316 g/mol. The van der Waals surface area contributed by atoms with E-state index in [2.05, 4.69) is 41.1 Å². The number of nitrogens with zero attached hydrogens (tertiary/aromatic N) is 2. The van der Waals surface area contributed by atoms with Crippen molar-refractivity contribution in [3.05, 3.63) is 39.6 Å². The number of benzene rings is 1. The number of hydrogen-bond acceptors (Lipinski definition) is 5. The summed E-state index contributed by atoms with van der Waals surface area (Å²) in [7, 11) is 0. The molecular weight excluding hydrogens is 300 g/mol. The highest BCUT2D eigenvalue weighted by Crippen LogP contribution is 2.46. The molecule has 0 spiro atoms. The van der Waals surface area contributed by atoms with Crippen LogP contribution in [0.3, 0.4) is 0 Å². The summed E-state index contributed by atoms with van der Waals surface area (Å²) in [6.07, 6.45) is 0.711. The van der Waals surface area contributed by atoms with Crippen LogP contribution in [0.4, 0.5) is 0 Å². The number of aliphatic hydroxyl groups is 1. The maximum atomic E-state index is 9.34. The number of thioether (sulfide) groups is 1. The van der Waals surface area contributed by atoms with Gasteiger partial charge in [0.05, 0.1) is 17.1 Å². The van der Waals surface area contributed by atoms with Gasteiger partial charge in [0.15, 0.2) is 5.17 Å². The van der Waals surface area contributed by atoms with E-state index in [1.54, 1.807) is 11.8 Å². The van der Waals surface area contributed by atoms with Crippen LogP contribution in [-0.2, 0) is 0 Å². The Morgan fingerprint density at radius 2 is 2.29 bits per heavy atom. The zero-order valence-electron chi connectivity index (χ0n) is 11.8. The number of aryl methyl sites for hydroxylation is 1. The molecule has 0 saturated heterocycles. The Bertz CT molecular complexity index is 776. The first-order valence-electron chi connectivity index (χ1n) is 7.11. The highest BCUT2D eigenvalue weighted by atomic mass is 32.2. The topological polar surface area (TPSA) is 35.8 Å². The van der Waals surface area contributed by atoms with Crippen molar-refractivity contribution in [2.45, 2.75) is 13.3 Å². The molecule has 0 bridgehead atoms. The first-order chi connectivity index (χ1) is 10.3. The Kier molecular flexibility index (Phi) is 3.28. The van der Waals surface area contributed by atoms with Crippen molar-refractivity contribution in [1.82, 2.24) is 4.90 Å². The molecule has 0 unspecified atom stereocenters. The molecule has 3 heterocycles. The molecule has 2 aliphatic rings. The van der Waals surface area contributed by atoms with E-state index in [0.29, 0.717) is 6.42 Å². The van der Waals surface area contributed by atoms with Crippen molar-refractivity contribution >= 4 is 44.0 Å². The van der Waals surface area contributed by atoms with Crippen LogP contribution in [0.1, 0.15) is 16.9 Å². The van der Waals surface area contributed by atoms with Gasteiger partial charge in [-0.3, -0.25) is 4.99 Å². The summed E-state index contributed by atoms with van der Waals surface area (Å²) in [5.41, 5.74) is 2.60. The van der Waals surface area contributed by atoms with Crippen LogP contribution < -0.4 is 0 Å². The molecule has 108 valence electrons. The number of thiophene rings is 1. The number of aliphatic hydroxyl groups excluding tert-OH is 1. The van der Waals surface area contributed by atoms with Crippen LogP contribution in [0.5, 0.6) is 0 Å². The quantitative estimate of drug-likeness (QED) is 0.938. The maximum absolute atomic E-state index is 9.34. The third kappa shape index (κ3) is 2.11. The van der Waals surface area contributed by atoms with E-state index in [-0.39, 0.29) is 6.61 Å². The fourth-order valence-corrected chi connectivity index (χ4v) is 5.35. The van der Waals surface area contributed by atoms with Gasteiger partial charge in [0.1, 0.15) is 0 Å². The zero-order chi connectivity index (χ0) is 14.4. The summed E-state index contributed by atoms with van der Waals surface area (Å²) < 4.78 is 1.36. The molecule has 4 rings (SSSR count). The molecule has 0 radical (unpaired) electrons. The second kappa shape index (κ2) is 5.16. The Labute approximate surface area is 132 Å². The van der Waals surface area contributed by atoms with E-state index < -0.39 is 0 Å². The molecule has 0 fully saturated rings. The summed E-state index contributed by atoms with van der Waals surface area (Å²) in [6.45, 7) is 4.19. The van der Waals surface area contributed by atoms with Crippen LogP contribution >= 0.6 is 23.1 Å². The van der Waals surface area contributed by atoms with Crippen molar-refractivity contribution < 1.29 is 5.11 Å². The molecule has 0 saturated carbocycles. The van der Waals surface area contributed by atoms with Gasteiger partial charge in [-0.2, -0.15) is 0 Å². The smallest absolute Gasteiger partial charge is 0.168 e. The van der Waals surface area contributed by atoms with Gasteiger partial charge in [0.25, 0.3) is 0 Å². The standard InChI is InChI=1S/C16H16N2OS2/c1-10-3-2-4-11-9-13(20-15(10)11)14-12(5-8-19)21-16-17-6-7-18(14)16/h2-4,9,19H,5-8H2,1H3. The summed E-state index contributed by atoms with van der Waals surface area (Å²) in [6, 6.07) is 8.73. The molecule has 2 aromatic rings. The van der Waals surface area contributed by atoms with Crippen molar-refractivity contribution in [2.75, 3.05) is 19.7 Å². The molecule has 5 heteroatoms. The van der Waals surface area contributed by atoms with Crippen LogP contribution in [0, 0.1) is 6.92 Å². The summed E-state index contributed by atoms with van der Waals surface area (Å²) in [5, 5.41) is 11.7. The lowest BCUT2D eigenvalue weighted by Crippen LogP contribution is -2.19. The summed E-state index contributed by atoms with van der Waals surface area (Å²) >= 11 is 3.58. The molecule has 1 aromatic carbocycles. The van der Waals surface area contributed by atoms with Crippen molar-refractivity contribution in [3.63, 3.8) is 0 Å². The first kappa shape index (κ1) is 13.4. The van der Waals surface area contributed by atoms with E-state index in [0.717, 1.165) is 18.3 Å². The normalized spacial score (nSPS) is 17.8. The summed E-state index contributed by atoms with van der Waals surface area (Å²) in [4.78, 5) is 9.42. The Morgan fingerprint density at radius 1 is 1.38 bits per heavy atom. The average Bonchev–Trinajstić information content (AvgIpc) is 3.12. The molecule has 0 atom stereocenters. The molecule has 1 aromatic heterocycles. The Morgan fingerprint density at radius 3 is 3.10 bits per heavy atom. The molecule has 3 nitrogen and oxygen atoms in total. The fraction of sp³-hybridized carbons (Fsp3) is 0.312. The van der Waals surface area contributed by atoms with E-state index >= 15 is 0 Å². The van der Waals surface area contributed by atoms with Gasteiger partial charge in [-0.25, -0.2) is 0 Å².